The standard InChI is InChI=1S/C14H23FN4O2S/c1-3-22(20,21)19-11-10-18-14(16-2)17-9-8-12-6-4-5-7-13(12)15/h4-7,19H,3,8-11H2,1-2H3,(H2,16,17,18). The fraction of sp³-hybridized carbons (Fsp3) is 0.500. The van der Waals surface area contributed by atoms with Crippen molar-refractivity contribution in [2.24, 2.45) is 4.99 Å². The van der Waals surface area contributed by atoms with Gasteiger partial charge in [0.15, 0.2) is 5.96 Å². The van der Waals surface area contributed by atoms with Crippen molar-refractivity contribution in [2.75, 3.05) is 32.4 Å². The molecule has 0 saturated carbocycles. The van der Waals surface area contributed by atoms with Gasteiger partial charge in [0.05, 0.1) is 5.75 Å². The van der Waals surface area contributed by atoms with Gasteiger partial charge in [0.2, 0.25) is 10.0 Å². The molecule has 6 nitrogen and oxygen atoms in total. The van der Waals surface area contributed by atoms with Crippen molar-refractivity contribution in [3.8, 4) is 0 Å². The SMILES string of the molecule is CCS(=O)(=O)NCCNC(=NC)NCCc1ccccc1F. The molecule has 0 aliphatic heterocycles. The number of benzene rings is 1. The number of nitrogens with one attached hydrogen (secondary N) is 3. The fourth-order valence-corrected chi connectivity index (χ4v) is 2.34. The molecule has 0 bridgehead atoms. The van der Waals surface area contributed by atoms with Crippen molar-refractivity contribution in [1.29, 1.82) is 0 Å². The summed E-state index contributed by atoms with van der Waals surface area (Å²) in [4.78, 5) is 4.02. The summed E-state index contributed by atoms with van der Waals surface area (Å²) in [6, 6.07) is 6.63. The van der Waals surface area contributed by atoms with E-state index in [-0.39, 0.29) is 18.1 Å². The summed E-state index contributed by atoms with van der Waals surface area (Å²) in [5.74, 6) is 0.385. The number of rotatable bonds is 8. The lowest BCUT2D eigenvalue weighted by Gasteiger charge is -2.12. The monoisotopic (exact) mass is 330 g/mol. The Morgan fingerprint density at radius 2 is 1.86 bits per heavy atom. The number of aliphatic imine (C=N–C) groups is 1. The Labute approximate surface area is 131 Å². The lowest BCUT2D eigenvalue weighted by molar-refractivity contribution is 0.581. The Morgan fingerprint density at radius 3 is 2.50 bits per heavy atom. The molecule has 0 saturated heterocycles. The van der Waals surface area contributed by atoms with Gasteiger partial charge in [0, 0.05) is 26.7 Å². The van der Waals surface area contributed by atoms with Crippen LogP contribution >= 0.6 is 0 Å². The minimum Gasteiger partial charge on any atom is -0.356 e. The molecule has 0 aromatic heterocycles. The first-order chi connectivity index (χ1) is 10.5. The van der Waals surface area contributed by atoms with Crippen molar-refractivity contribution in [1.82, 2.24) is 15.4 Å². The van der Waals surface area contributed by atoms with E-state index in [4.69, 9.17) is 0 Å². The van der Waals surface area contributed by atoms with Crippen LogP contribution in [0.2, 0.25) is 0 Å². The first-order valence-corrected chi connectivity index (χ1v) is 8.79. The van der Waals surface area contributed by atoms with Crippen LogP contribution in [0.5, 0.6) is 0 Å². The first-order valence-electron chi connectivity index (χ1n) is 7.13. The van der Waals surface area contributed by atoms with Gasteiger partial charge in [0.1, 0.15) is 5.82 Å². The molecule has 0 heterocycles. The Balaban J connectivity index is 2.27. The second-order valence-electron chi connectivity index (χ2n) is 4.56. The smallest absolute Gasteiger partial charge is 0.211 e. The van der Waals surface area contributed by atoms with Gasteiger partial charge in [-0.05, 0) is 25.0 Å². The van der Waals surface area contributed by atoms with Crippen molar-refractivity contribution in [3.05, 3.63) is 35.6 Å². The summed E-state index contributed by atoms with van der Waals surface area (Å²) in [6.07, 6.45) is 0.538. The van der Waals surface area contributed by atoms with Gasteiger partial charge >= 0.3 is 0 Å². The molecule has 124 valence electrons. The van der Waals surface area contributed by atoms with Crippen LogP contribution in [0.25, 0.3) is 0 Å². The molecule has 1 aromatic rings. The Morgan fingerprint density at radius 1 is 1.18 bits per heavy atom. The van der Waals surface area contributed by atoms with E-state index in [1.807, 2.05) is 0 Å². The largest absolute Gasteiger partial charge is 0.356 e. The molecule has 0 unspecified atom stereocenters. The van der Waals surface area contributed by atoms with Crippen LogP contribution in [0.4, 0.5) is 4.39 Å². The van der Waals surface area contributed by atoms with E-state index in [0.29, 0.717) is 31.0 Å². The lowest BCUT2D eigenvalue weighted by Crippen LogP contribution is -2.42. The molecule has 0 atom stereocenters. The Hall–Kier alpha value is -1.67. The zero-order valence-electron chi connectivity index (χ0n) is 12.9. The van der Waals surface area contributed by atoms with Gasteiger partial charge in [-0.3, -0.25) is 4.99 Å². The van der Waals surface area contributed by atoms with E-state index in [2.05, 4.69) is 20.3 Å². The summed E-state index contributed by atoms with van der Waals surface area (Å²) >= 11 is 0. The highest BCUT2D eigenvalue weighted by molar-refractivity contribution is 7.89. The highest BCUT2D eigenvalue weighted by Gasteiger charge is 2.05. The third kappa shape index (κ3) is 6.86. The van der Waals surface area contributed by atoms with E-state index >= 15 is 0 Å². The van der Waals surface area contributed by atoms with Crippen LogP contribution in [-0.4, -0.2) is 46.8 Å². The van der Waals surface area contributed by atoms with Crippen molar-refractivity contribution >= 4 is 16.0 Å². The predicted octanol–water partition coefficient (Wildman–Crippen LogP) is 0.473. The molecule has 0 amide bonds. The zero-order valence-corrected chi connectivity index (χ0v) is 13.7. The number of hydrogen-bond acceptors (Lipinski definition) is 3. The maximum atomic E-state index is 13.5. The van der Waals surface area contributed by atoms with Crippen molar-refractivity contribution < 1.29 is 12.8 Å². The van der Waals surface area contributed by atoms with E-state index < -0.39 is 10.0 Å². The third-order valence-electron chi connectivity index (χ3n) is 2.99. The highest BCUT2D eigenvalue weighted by atomic mass is 32.2. The van der Waals surface area contributed by atoms with Crippen LogP contribution in [-0.2, 0) is 16.4 Å². The van der Waals surface area contributed by atoms with Crippen molar-refractivity contribution in [2.45, 2.75) is 13.3 Å². The number of sulfonamides is 1. The second-order valence-corrected chi connectivity index (χ2v) is 6.66. The summed E-state index contributed by atoms with van der Waals surface area (Å²) in [5, 5.41) is 6.04. The quantitative estimate of drug-likeness (QED) is 0.368. The van der Waals surface area contributed by atoms with Crippen LogP contribution in [0, 0.1) is 5.82 Å². The predicted molar refractivity (Wildman–Crippen MR) is 86.9 cm³/mol. The molecule has 1 rings (SSSR count). The highest BCUT2D eigenvalue weighted by Crippen LogP contribution is 2.05. The fourth-order valence-electron chi connectivity index (χ4n) is 1.73. The topological polar surface area (TPSA) is 82.6 Å². The maximum Gasteiger partial charge on any atom is 0.211 e. The maximum absolute atomic E-state index is 13.5. The lowest BCUT2D eigenvalue weighted by atomic mass is 10.1. The minimum atomic E-state index is -3.17. The number of guanidine groups is 1. The zero-order chi connectivity index (χ0) is 16.4. The molecule has 22 heavy (non-hydrogen) atoms. The first kappa shape index (κ1) is 18.4. The molecule has 0 spiro atoms. The van der Waals surface area contributed by atoms with E-state index in [9.17, 15) is 12.8 Å². The molecular weight excluding hydrogens is 307 g/mol. The van der Waals surface area contributed by atoms with Crippen LogP contribution < -0.4 is 15.4 Å². The molecule has 0 radical (unpaired) electrons. The van der Waals surface area contributed by atoms with Crippen molar-refractivity contribution in [3.63, 3.8) is 0 Å². The van der Waals surface area contributed by atoms with Crippen LogP contribution in [0.1, 0.15) is 12.5 Å². The van der Waals surface area contributed by atoms with Gasteiger partial charge in [-0.2, -0.15) is 0 Å². The summed E-state index contributed by atoms with van der Waals surface area (Å²) in [7, 11) is -1.55. The molecule has 3 N–H and O–H groups in total. The minimum absolute atomic E-state index is 0.0581. The molecule has 8 heteroatoms. The number of halogens is 1. The average Bonchev–Trinajstić information content (AvgIpc) is 2.51. The van der Waals surface area contributed by atoms with Gasteiger partial charge in [-0.25, -0.2) is 17.5 Å². The van der Waals surface area contributed by atoms with Gasteiger partial charge in [0.25, 0.3) is 0 Å². The number of hydrogen-bond donors (Lipinski definition) is 3. The van der Waals surface area contributed by atoms with Gasteiger partial charge in [-0.1, -0.05) is 18.2 Å². The molecular formula is C14H23FN4O2S. The summed E-state index contributed by atoms with van der Waals surface area (Å²) in [5.41, 5.74) is 0.640. The molecule has 0 fully saturated rings. The average molecular weight is 330 g/mol. The van der Waals surface area contributed by atoms with E-state index in [1.54, 1.807) is 32.2 Å². The van der Waals surface area contributed by atoms with Crippen LogP contribution in [0.3, 0.4) is 0 Å². The van der Waals surface area contributed by atoms with E-state index in [1.165, 1.54) is 6.07 Å². The van der Waals surface area contributed by atoms with E-state index in [0.717, 1.165) is 0 Å². The van der Waals surface area contributed by atoms with Crippen LogP contribution in [0.15, 0.2) is 29.3 Å². The molecule has 0 aliphatic rings. The third-order valence-corrected chi connectivity index (χ3v) is 4.39. The molecule has 1 aromatic carbocycles. The number of nitrogens with zero attached hydrogens (tertiary/aromatic N) is 1. The Kier molecular flexibility index (Phi) is 7.83. The molecule has 0 aliphatic carbocycles. The normalized spacial score (nSPS) is 12.2. The summed E-state index contributed by atoms with van der Waals surface area (Å²) in [6.45, 7) is 2.81. The summed E-state index contributed by atoms with van der Waals surface area (Å²) < 4.78 is 38.4. The van der Waals surface area contributed by atoms with Gasteiger partial charge in [-0.15, -0.1) is 0 Å². The van der Waals surface area contributed by atoms with Gasteiger partial charge < -0.3 is 10.6 Å². The Bertz CT molecular complexity index is 590. The second kappa shape index (κ2) is 9.37.